The van der Waals surface area contributed by atoms with Crippen LogP contribution in [-0.2, 0) is 22.3 Å². The molecule has 0 saturated carbocycles. The van der Waals surface area contributed by atoms with Crippen LogP contribution in [0, 0.1) is 12.8 Å². The maximum absolute atomic E-state index is 12.3. The lowest BCUT2D eigenvalue weighted by atomic mass is 9.98. The van der Waals surface area contributed by atoms with E-state index in [0.717, 1.165) is 31.5 Å². The first-order valence-corrected chi connectivity index (χ1v) is 10.2. The number of hydrogen-bond acceptors (Lipinski definition) is 6. The van der Waals surface area contributed by atoms with Crippen LogP contribution in [0.1, 0.15) is 30.1 Å². The van der Waals surface area contributed by atoms with Gasteiger partial charge in [-0.1, -0.05) is 35.5 Å². The standard InChI is InChI=1S/C17H24N4O3S/c1-14-19-17(24-20-14)12-21-9-5-8-16(11-21)10-18-25(22,23)13-15-6-3-2-4-7-15/h2-4,6-7,16,18H,5,8-13H2,1H3/t16-/m1/s1. The number of benzene rings is 1. The fourth-order valence-electron chi connectivity index (χ4n) is 3.15. The molecule has 136 valence electrons. The molecule has 1 saturated heterocycles. The van der Waals surface area contributed by atoms with E-state index in [-0.39, 0.29) is 5.75 Å². The van der Waals surface area contributed by atoms with E-state index in [1.54, 1.807) is 6.92 Å². The summed E-state index contributed by atoms with van der Waals surface area (Å²) in [6.45, 7) is 4.68. The lowest BCUT2D eigenvalue weighted by molar-refractivity contribution is 0.151. The van der Waals surface area contributed by atoms with E-state index < -0.39 is 10.0 Å². The molecular weight excluding hydrogens is 340 g/mol. The molecule has 8 heteroatoms. The molecular formula is C17H24N4O3S. The van der Waals surface area contributed by atoms with Crippen LogP contribution >= 0.6 is 0 Å². The quantitative estimate of drug-likeness (QED) is 0.805. The van der Waals surface area contributed by atoms with Gasteiger partial charge in [0.1, 0.15) is 0 Å². The van der Waals surface area contributed by atoms with Crippen LogP contribution in [0.3, 0.4) is 0 Å². The van der Waals surface area contributed by atoms with E-state index in [0.29, 0.717) is 30.7 Å². The number of nitrogens with zero attached hydrogens (tertiary/aromatic N) is 3. The monoisotopic (exact) mass is 364 g/mol. The summed E-state index contributed by atoms with van der Waals surface area (Å²) < 4.78 is 32.4. The van der Waals surface area contributed by atoms with Crippen molar-refractivity contribution in [2.24, 2.45) is 5.92 Å². The maximum Gasteiger partial charge on any atom is 0.240 e. The Labute approximate surface area is 148 Å². The second kappa shape index (κ2) is 8.07. The van der Waals surface area contributed by atoms with Gasteiger partial charge in [-0.25, -0.2) is 13.1 Å². The summed E-state index contributed by atoms with van der Waals surface area (Å²) in [4.78, 5) is 6.47. The Kier molecular flexibility index (Phi) is 5.82. The lowest BCUT2D eigenvalue weighted by Gasteiger charge is -2.31. The van der Waals surface area contributed by atoms with Gasteiger partial charge in [0, 0.05) is 13.1 Å². The highest BCUT2D eigenvalue weighted by molar-refractivity contribution is 7.88. The van der Waals surface area contributed by atoms with Gasteiger partial charge < -0.3 is 4.52 Å². The van der Waals surface area contributed by atoms with Crippen LogP contribution in [0.2, 0.25) is 0 Å². The van der Waals surface area contributed by atoms with Gasteiger partial charge in [0.25, 0.3) is 0 Å². The molecule has 0 aliphatic carbocycles. The SMILES string of the molecule is Cc1noc(CN2CCC[C@H](CNS(=O)(=O)Cc3ccccc3)C2)n1. The first-order chi connectivity index (χ1) is 12.0. The second-order valence-corrected chi connectivity index (χ2v) is 8.38. The molecule has 1 atom stereocenters. The molecule has 1 aliphatic rings. The van der Waals surface area contributed by atoms with Crippen molar-refractivity contribution in [3.05, 3.63) is 47.6 Å². The van der Waals surface area contributed by atoms with Crippen molar-refractivity contribution < 1.29 is 12.9 Å². The number of nitrogens with one attached hydrogen (secondary N) is 1. The molecule has 7 nitrogen and oxygen atoms in total. The third kappa shape index (κ3) is 5.62. The minimum absolute atomic E-state index is 0.0194. The molecule has 0 spiro atoms. The highest BCUT2D eigenvalue weighted by atomic mass is 32.2. The van der Waals surface area contributed by atoms with Crippen molar-refractivity contribution in [1.29, 1.82) is 0 Å². The zero-order chi connectivity index (χ0) is 17.7. The number of likely N-dealkylation sites (tertiary alicyclic amines) is 1. The van der Waals surface area contributed by atoms with Crippen LogP contribution in [0.25, 0.3) is 0 Å². The minimum atomic E-state index is -3.32. The molecule has 1 aliphatic heterocycles. The second-order valence-electron chi connectivity index (χ2n) is 6.57. The van der Waals surface area contributed by atoms with E-state index in [1.165, 1.54) is 0 Å². The third-order valence-electron chi connectivity index (χ3n) is 4.32. The molecule has 0 radical (unpaired) electrons. The number of sulfonamides is 1. The smallest absolute Gasteiger partial charge is 0.240 e. The third-order valence-corrected chi connectivity index (χ3v) is 5.64. The molecule has 1 N–H and O–H groups in total. The molecule has 0 amide bonds. The fraction of sp³-hybridized carbons (Fsp3) is 0.529. The molecule has 0 unspecified atom stereocenters. The molecule has 3 rings (SSSR count). The summed E-state index contributed by atoms with van der Waals surface area (Å²) in [7, 11) is -3.32. The Morgan fingerprint density at radius 2 is 2.12 bits per heavy atom. The van der Waals surface area contributed by atoms with Crippen molar-refractivity contribution in [3.8, 4) is 0 Å². The molecule has 1 aromatic carbocycles. The number of piperidine rings is 1. The summed E-state index contributed by atoms with van der Waals surface area (Å²) in [6.07, 6.45) is 2.06. The van der Waals surface area contributed by atoms with Gasteiger partial charge in [-0.05, 0) is 37.8 Å². The summed E-state index contributed by atoms with van der Waals surface area (Å²) in [5, 5.41) is 3.81. The maximum atomic E-state index is 12.3. The van der Waals surface area contributed by atoms with Crippen LogP contribution in [-0.4, -0.2) is 43.1 Å². The Balaban J connectivity index is 1.49. The van der Waals surface area contributed by atoms with Crippen molar-refractivity contribution in [3.63, 3.8) is 0 Å². The molecule has 0 bridgehead atoms. The molecule has 1 fully saturated rings. The van der Waals surface area contributed by atoms with Gasteiger partial charge in [0.15, 0.2) is 5.82 Å². The molecule has 25 heavy (non-hydrogen) atoms. The Hall–Kier alpha value is -1.77. The number of hydrogen-bond donors (Lipinski definition) is 1. The average Bonchev–Trinajstić information content (AvgIpc) is 2.99. The zero-order valence-electron chi connectivity index (χ0n) is 14.4. The molecule has 2 aromatic rings. The lowest BCUT2D eigenvalue weighted by Crippen LogP contribution is -2.40. The van der Waals surface area contributed by atoms with Crippen LogP contribution in [0.5, 0.6) is 0 Å². The Morgan fingerprint density at radius 3 is 2.84 bits per heavy atom. The number of aromatic nitrogens is 2. The van der Waals surface area contributed by atoms with Gasteiger partial charge in [-0.3, -0.25) is 4.90 Å². The highest BCUT2D eigenvalue weighted by Gasteiger charge is 2.23. The first-order valence-electron chi connectivity index (χ1n) is 8.53. The topological polar surface area (TPSA) is 88.3 Å². The Bertz CT molecular complexity index is 776. The van der Waals surface area contributed by atoms with Crippen LogP contribution in [0.15, 0.2) is 34.9 Å². The van der Waals surface area contributed by atoms with E-state index >= 15 is 0 Å². The van der Waals surface area contributed by atoms with E-state index in [4.69, 9.17) is 4.52 Å². The van der Waals surface area contributed by atoms with Crippen molar-refractivity contribution >= 4 is 10.0 Å². The molecule has 2 heterocycles. The minimum Gasteiger partial charge on any atom is -0.338 e. The largest absolute Gasteiger partial charge is 0.338 e. The fourth-order valence-corrected chi connectivity index (χ4v) is 4.37. The zero-order valence-corrected chi connectivity index (χ0v) is 15.2. The average molecular weight is 364 g/mol. The van der Waals surface area contributed by atoms with Gasteiger partial charge in [-0.15, -0.1) is 0 Å². The number of aryl methyl sites for hydroxylation is 1. The normalized spacial score (nSPS) is 19.2. The predicted octanol–water partition coefficient (Wildman–Crippen LogP) is 1.71. The summed E-state index contributed by atoms with van der Waals surface area (Å²) in [5.41, 5.74) is 0.798. The summed E-state index contributed by atoms with van der Waals surface area (Å²) in [6, 6.07) is 9.24. The highest BCUT2D eigenvalue weighted by Crippen LogP contribution is 2.18. The van der Waals surface area contributed by atoms with Gasteiger partial charge in [-0.2, -0.15) is 4.98 Å². The van der Waals surface area contributed by atoms with Crippen LogP contribution in [0.4, 0.5) is 0 Å². The van der Waals surface area contributed by atoms with E-state index in [2.05, 4.69) is 19.8 Å². The van der Waals surface area contributed by atoms with Gasteiger partial charge in [0.05, 0.1) is 12.3 Å². The molecule has 1 aromatic heterocycles. The van der Waals surface area contributed by atoms with E-state index in [1.807, 2.05) is 30.3 Å². The number of rotatable bonds is 7. The first kappa shape index (κ1) is 18.0. The summed E-state index contributed by atoms with van der Waals surface area (Å²) in [5.74, 6) is 1.56. The predicted molar refractivity (Wildman–Crippen MR) is 94.1 cm³/mol. The summed E-state index contributed by atoms with van der Waals surface area (Å²) >= 11 is 0. The van der Waals surface area contributed by atoms with Gasteiger partial charge >= 0.3 is 0 Å². The van der Waals surface area contributed by atoms with Crippen LogP contribution < -0.4 is 4.72 Å². The van der Waals surface area contributed by atoms with Gasteiger partial charge in [0.2, 0.25) is 15.9 Å². The van der Waals surface area contributed by atoms with Crippen molar-refractivity contribution in [1.82, 2.24) is 19.8 Å². The van der Waals surface area contributed by atoms with Crippen molar-refractivity contribution in [2.75, 3.05) is 19.6 Å². The Morgan fingerprint density at radius 1 is 1.32 bits per heavy atom. The van der Waals surface area contributed by atoms with Crippen molar-refractivity contribution in [2.45, 2.75) is 32.1 Å². The van der Waals surface area contributed by atoms with E-state index in [9.17, 15) is 8.42 Å².